The Morgan fingerprint density at radius 2 is 1.87 bits per heavy atom. The number of aromatic nitrogens is 3. The van der Waals surface area contributed by atoms with Crippen LogP contribution >= 0.6 is 23.1 Å². The first kappa shape index (κ1) is 21.3. The van der Waals surface area contributed by atoms with Gasteiger partial charge in [0.1, 0.15) is 11.6 Å². The molecular weight excluding hydrogens is 431 g/mol. The van der Waals surface area contributed by atoms with E-state index in [4.69, 9.17) is 0 Å². The van der Waals surface area contributed by atoms with E-state index < -0.39 is 0 Å². The lowest BCUT2D eigenvalue weighted by Gasteiger charge is -2.14. The van der Waals surface area contributed by atoms with Gasteiger partial charge >= 0.3 is 0 Å². The second kappa shape index (κ2) is 9.89. The SMILES string of the molecule is CC(Sc1nnc(Cc2cccs2)n1-c1ccccc1)C(=O)NCc1ccc(F)cc1. The molecule has 2 heterocycles. The maximum atomic E-state index is 13.0. The predicted molar refractivity (Wildman–Crippen MR) is 122 cm³/mol. The van der Waals surface area contributed by atoms with E-state index >= 15 is 0 Å². The van der Waals surface area contributed by atoms with Gasteiger partial charge in [-0.25, -0.2) is 4.39 Å². The normalized spacial score (nSPS) is 11.9. The van der Waals surface area contributed by atoms with Crippen molar-refractivity contribution in [2.24, 2.45) is 0 Å². The van der Waals surface area contributed by atoms with E-state index in [2.05, 4.69) is 21.6 Å². The van der Waals surface area contributed by atoms with Crippen LogP contribution in [0.15, 0.2) is 77.3 Å². The van der Waals surface area contributed by atoms with E-state index in [1.165, 1.54) is 28.8 Å². The van der Waals surface area contributed by atoms with Crippen molar-refractivity contribution in [1.82, 2.24) is 20.1 Å². The molecule has 5 nitrogen and oxygen atoms in total. The van der Waals surface area contributed by atoms with Crippen molar-refractivity contribution >= 4 is 29.0 Å². The summed E-state index contributed by atoms with van der Waals surface area (Å²) in [7, 11) is 0. The molecule has 0 radical (unpaired) electrons. The van der Waals surface area contributed by atoms with Gasteiger partial charge in [0.15, 0.2) is 5.16 Å². The van der Waals surface area contributed by atoms with Crippen LogP contribution in [0.2, 0.25) is 0 Å². The molecule has 158 valence electrons. The number of amides is 1. The van der Waals surface area contributed by atoms with Gasteiger partial charge in [-0.1, -0.05) is 48.2 Å². The lowest BCUT2D eigenvalue weighted by molar-refractivity contribution is -0.120. The van der Waals surface area contributed by atoms with Crippen molar-refractivity contribution in [1.29, 1.82) is 0 Å². The van der Waals surface area contributed by atoms with Crippen LogP contribution in [0.3, 0.4) is 0 Å². The highest BCUT2D eigenvalue weighted by Gasteiger charge is 2.21. The summed E-state index contributed by atoms with van der Waals surface area (Å²) in [5.41, 5.74) is 1.80. The fourth-order valence-corrected chi connectivity index (χ4v) is 4.66. The van der Waals surface area contributed by atoms with Gasteiger partial charge in [-0.05, 0) is 48.2 Å². The zero-order chi connectivity index (χ0) is 21.6. The van der Waals surface area contributed by atoms with Crippen molar-refractivity contribution < 1.29 is 9.18 Å². The van der Waals surface area contributed by atoms with Gasteiger partial charge in [-0.3, -0.25) is 9.36 Å². The largest absolute Gasteiger partial charge is 0.351 e. The zero-order valence-electron chi connectivity index (χ0n) is 16.9. The van der Waals surface area contributed by atoms with Gasteiger partial charge in [0.05, 0.1) is 5.25 Å². The molecule has 1 amide bonds. The van der Waals surface area contributed by atoms with E-state index in [0.717, 1.165) is 17.1 Å². The zero-order valence-corrected chi connectivity index (χ0v) is 18.5. The number of thioether (sulfide) groups is 1. The predicted octanol–water partition coefficient (Wildman–Crippen LogP) is 4.86. The Kier molecular flexibility index (Phi) is 6.79. The lowest BCUT2D eigenvalue weighted by atomic mass is 10.2. The van der Waals surface area contributed by atoms with Crippen LogP contribution < -0.4 is 5.32 Å². The van der Waals surface area contributed by atoms with E-state index in [-0.39, 0.29) is 17.0 Å². The average molecular weight is 453 g/mol. The monoisotopic (exact) mass is 452 g/mol. The Bertz CT molecular complexity index is 1130. The number of para-hydroxylation sites is 1. The molecular formula is C23H21FN4OS2. The van der Waals surface area contributed by atoms with Crippen molar-refractivity contribution in [3.63, 3.8) is 0 Å². The van der Waals surface area contributed by atoms with Crippen LogP contribution in [0, 0.1) is 5.82 Å². The molecule has 1 N–H and O–H groups in total. The number of benzene rings is 2. The Balaban J connectivity index is 1.49. The van der Waals surface area contributed by atoms with E-state index in [9.17, 15) is 9.18 Å². The van der Waals surface area contributed by atoms with Crippen molar-refractivity contribution in [3.05, 3.63) is 94.2 Å². The topological polar surface area (TPSA) is 59.8 Å². The van der Waals surface area contributed by atoms with Gasteiger partial charge in [0.25, 0.3) is 0 Å². The van der Waals surface area contributed by atoms with Gasteiger partial charge in [-0.2, -0.15) is 0 Å². The highest BCUT2D eigenvalue weighted by atomic mass is 32.2. The first-order valence-electron chi connectivity index (χ1n) is 9.81. The second-order valence-corrected chi connectivity index (χ2v) is 9.27. The van der Waals surface area contributed by atoms with Crippen LogP contribution in [-0.2, 0) is 17.8 Å². The van der Waals surface area contributed by atoms with Crippen LogP contribution in [0.1, 0.15) is 23.2 Å². The van der Waals surface area contributed by atoms with Crippen molar-refractivity contribution in [3.8, 4) is 5.69 Å². The summed E-state index contributed by atoms with van der Waals surface area (Å²) in [4.78, 5) is 13.8. The molecule has 0 fully saturated rings. The fourth-order valence-electron chi connectivity index (χ4n) is 3.04. The van der Waals surface area contributed by atoms with E-state index in [1.54, 1.807) is 23.5 Å². The molecule has 0 aliphatic heterocycles. The van der Waals surface area contributed by atoms with Gasteiger partial charge in [0.2, 0.25) is 5.91 Å². The number of halogens is 1. The number of rotatable bonds is 8. The third-order valence-electron chi connectivity index (χ3n) is 4.66. The molecule has 2 aromatic carbocycles. The molecule has 4 aromatic rings. The molecule has 0 saturated carbocycles. The summed E-state index contributed by atoms with van der Waals surface area (Å²) in [6.45, 7) is 2.19. The Morgan fingerprint density at radius 1 is 1.10 bits per heavy atom. The van der Waals surface area contributed by atoms with Crippen molar-refractivity contribution in [2.45, 2.75) is 30.3 Å². The Hall–Kier alpha value is -2.97. The van der Waals surface area contributed by atoms with E-state index in [0.29, 0.717) is 18.1 Å². The molecule has 0 bridgehead atoms. The van der Waals surface area contributed by atoms with Crippen LogP contribution in [0.4, 0.5) is 4.39 Å². The molecule has 0 aliphatic carbocycles. The molecule has 4 rings (SSSR count). The quantitative estimate of drug-likeness (QED) is 0.388. The summed E-state index contributed by atoms with van der Waals surface area (Å²) in [6, 6.07) is 20.1. The molecule has 8 heteroatoms. The highest BCUT2D eigenvalue weighted by Crippen LogP contribution is 2.27. The lowest BCUT2D eigenvalue weighted by Crippen LogP contribution is -2.30. The highest BCUT2D eigenvalue weighted by molar-refractivity contribution is 8.00. The minimum atomic E-state index is -0.373. The summed E-state index contributed by atoms with van der Waals surface area (Å²) in [5, 5.41) is 14.0. The smallest absolute Gasteiger partial charge is 0.233 e. The maximum absolute atomic E-state index is 13.0. The number of thiophene rings is 1. The Morgan fingerprint density at radius 3 is 2.58 bits per heavy atom. The molecule has 0 spiro atoms. The number of carbonyl (C=O) groups is 1. The second-order valence-electron chi connectivity index (χ2n) is 6.93. The van der Waals surface area contributed by atoms with Gasteiger partial charge in [-0.15, -0.1) is 21.5 Å². The summed E-state index contributed by atoms with van der Waals surface area (Å²) in [6.07, 6.45) is 0.672. The van der Waals surface area contributed by atoms with Crippen LogP contribution in [0.5, 0.6) is 0 Å². The average Bonchev–Trinajstić information content (AvgIpc) is 3.44. The van der Waals surface area contributed by atoms with Crippen LogP contribution in [-0.4, -0.2) is 25.9 Å². The maximum Gasteiger partial charge on any atom is 0.233 e. The third kappa shape index (κ3) is 5.39. The number of nitrogens with zero attached hydrogens (tertiary/aromatic N) is 3. The molecule has 31 heavy (non-hydrogen) atoms. The Labute approximate surface area is 188 Å². The fraction of sp³-hybridized carbons (Fsp3) is 0.174. The number of nitrogens with one attached hydrogen (secondary N) is 1. The first-order valence-corrected chi connectivity index (χ1v) is 11.6. The molecule has 1 unspecified atom stereocenters. The first-order chi connectivity index (χ1) is 15.1. The summed E-state index contributed by atoms with van der Waals surface area (Å²) >= 11 is 3.04. The summed E-state index contributed by atoms with van der Waals surface area (Å²) in [5.74, 6) is 0.421. The van der Waals surface area contributed by atoms with Gasteiger partial charge < -0.3 is 5.32 Å². The molecule has 2 aromatic heterocycles. The molecule has 1 atom stereocenters. The number of hydrogen-bond acceptors (Lipinski definition) is 5. The molecule has 0 aliphatic rings. The standard InChI is InChI=1S/C23H21FN4OS2/c1-16(22(29)25-15-17-9-11-18(24)12-10-17)31-23-27-26-21(14-20-8-5-13-30-20)28(23)19-6-3-2-4-7-19/h2-13,16H,14-15H2,1H3,(H,25,29). The molecule has 0 saturated heterocycles. The minimum Gasteiger partial charge on any atom is -0.351 e. The summed E-state index contributed by atoms with van der Waals surface area (Å²) < 4.78 is 15.1. The van der Waals surface area contributed by atoms with E-state index in [1.807, 2.05) is 53.3 Å². The number of hydrogen-bond donors (Lipinski definition) is 1. The third-order valence-corrected chi connectivity index (χ3v) is 6.58. The van der Waals surface area contributed by atoms with Gasteiger partial charge in [0, 0.05) is 23.5 Å². The van der Waals surface area contributed by atoms with Crippen LogP contribution in [0.25, 0.3) is 5.69 Å². The van der Waals surface area contributed by atoms with Crippen molar-refractivity contribution in [2.75, 3.05) is 0 Å². The number of carbonyl (C=O) groups excluding carboxylic acids is 1. The minimum absolute atomic E-state index is 0.114.